The summed E-state index contributed by atoms with van der Waals surface area (Å²) in [6, 6.07) is 0. The monoisotopic (exact) mass is 340 g/mol. The molecule has 128 valence electrons. The molecule has 2 aliphatic rings. The van der Waals surface area contributed by atoms with Crippen molar-refractivity contribution in [1.82, 2.24) is 0 Å². The third-order valence-electron chi connectivity index (χ3n) is 4.02. The van der Waals surface area contributed by atoms with Crippen LogP contribution in [0.5, 0.6) is 0 Å². The van der Waals surface area contributed by atoms with Gasteiger partial charge in [0.25, 0.3) is 6.10 Å². The summed E-state index contributed by atoms with van der Waals surface area (Å²) in [5.74, 6) is -0.732. The average Bonchev–Trinajstić information content (AvgIpc) is 2.41. The van der Waals surface area contributed by atoms with Crippen LogP contribution in [0, 0.1) is 11.3 Å². The number of ketones is 1. The van der Waals surface area contributed by atoms with Gasteiger partial charge in [0, 0.05) is 11.8 Å². The van der Waals surface area contributed by atoms with Crippen LogP contribution in [-0.2, 0) is 9.53 Å². The van der Waals surface area contributed by atoms with Crippen LogP contribution in [0.15, 0.2) is 36.1 Å². The molecule has 0 aromatic carbocycles. The number of allylic oxidation sites excluding steroid dienone is 6. The molecule has 0 amide bonds. The fourth-order valence-corrected chi connectivity index (χ4v) is 2.65. The molecule has 1 spiro atoms. The van der Waals surface area contributed by atoms with Crippen molar-refractivity contribution in [2.75, 3.05) is 0 Å². The number of carbonyl (C=O) groups is 1. The van der Waals surface area contributed by atoms with Gasteiger partial charge >= 0.3 is 12.4 Å². The number of hydrogen-bond acceptors (Lipinski definition) is 2. The normalized spacial score (nSPS) is 24.3. The van der Waals surface area contributed by atoms with Gasteiger partial charge in [-0.25, -0.2) is 0 Å². The van der Waals surface area contributed by atoms with Gasteiger partial charge in [0.2, 0.25) is 0 Å². The standard InChI is InChI=1S/C15H14F6O2/c1-9-2-3-11(8-13(9)6-4-10(22)5-7-13)23-12(14(16,17)18)15(19,20)21/h4-9,12H,2-3H2,1H3. The highest BCUT2D eigenvalue weighted by molar-refractivity contribution is 6.00. The molecule has 0 heterocycles. The topological polar surface area (TPSA) is 26.3 Å². The van der Waals surface area contributed by atoms with E-state index >= 15 is 0 Å². The number of halogens is 6. The lowest BCUT2D eigenvalue weighted by molar-refractivity contribution is -0.313. The molecule has 0 bridgehead atoms. The van der Waals surface area contributed by atoms with Gasteiger partial charge in [0.05, 0.1) is 5.76 Å². The van der Waals surface area contributed by atoms with E-state index in [4.69, 9.17) is 0 Å². The molecule has 23 heavy (non-hydrogen) atoms. The van der Waals surface area contributed by atoms with Crippen molar-refractivity contribution in [3.8, 4) is 0 Å². The molecule has 0 saturated heterocycles. The van der Waals surface area contributed by atoms with Crippen LogP contribution in [0.25, 0.3) is 0 Å². The summed E-state index contributed by atoms with van der Waals surface area (Å²) < 4.78 is 79.8. The van der Waals surface area contributed by atoms with E-state index < -0.39 is 23.9 Å². The third-order valence-corrected chi connectivity index (χ3v) is 4.02. The Bertz CT molecular complexity index is 537. The van der Waals surface area contributed by atoms with Crippen molar-refractivity contribution in [1.29, 1.82) is 0 Å². The lowest BCUT2D eigenvalue weighted by atomic mass is 9.68. The molecule has 1 atom stereocenters. The molecular weight excluding hydrogens is 326 g/mol. The zero-order valence-corrected chi connectivity index (χ0v) is 12.0. The summed E-state index contributed by atoms with van der Waals surface area (Å²) in [6.07, 6.45) is -7.93. The molecular formula is C15H14F6O2. The minimum absolute atomic E-state index is 0.0266. The minimum Gasteiger partial charge on any atom is -0.476 e. The summed E-state index contributed by atoms with van der Waals surface area (Å²) in [7, 11) is 0. The molecule has 0 radical (unpaired) electrons. The molecule has 0 aromatic rings. The van der Waals surface area contributed by atoms with Crippen molar-refractivity contribution in [3.05, 3.63) is 36.1 Å². The molecule has 8 heteroatoms. The highest BCUT2D eigenvalue weighted by Gasteiger charge is 2.59. The van der Waals surface area contributed by atoms with Crippen LogP contribution in [0.4, 0.5) is 26.3 Å². The minimum atomic E-state index is -5.55. The Kier molecular flexibility index (Phi) is 4.38. The fraction of sp³-hybridized carbons (Fsp3) is 0.533. The van der Waals surface area contributed by atoms with Crippen molar-refractivity contribution in [2.45, 2.75) is 38.2 Å². The fourth-order valence-electron chi connectivity index (χ4n) is 2.65. The number of carbonyl (C=O) groups excluding carboxylic acids is 1. The average molecular weight is 340 g/mol. The molecule has 0 fully saturated rings. The van der Waals surface area contributed by atoms with E-state index in [0.717, 1.165) is 0 Å². The Morgan fingerprint density at radius 3 is 2.13 bits per heavy atom. The molecule has 2 nitrogen and oxygen atoms in total. The Balaban J connectivity index is 2.31. The maximum absolute atomic E-state index is 12.6. The van der Waals surface area contributed by atoms with E-state index in [-0.39, 0.29) is 23.9 Å². The number of hydrogen-bond donors (Lipinski definition) is 0. The molecule has 2 rings (SSSR count). The van der Waals surface area contributed by atoms with Gasteiger partial charge in [-0.05, 0) is 30.6 Å². The van der Waals surface area contributed by atoms with Crippen LogP contribution in [0.1, 0.15) is 19.8 Å². The summed E-state index contributed by atoms with van der Waals surface area (Å²) >= 11 is 0. The van der Waals surface area contributed by atoms with Crippen LogP contribution in [-0.4, -0.2) is 24.2 Å². The first-order valence-electron chi connectivity index (χ1n) is 6.88. The molecule has 0 aliphatic heterocycles. The van der Waals surface area contributed by atoms with Gasteiger partial charge in [-0.15, -0.1) is 0 Å². The third kappa shape index (κ3) is 3.79. The first kappa shape index (κ1) is 17.6. The van der Waals surface area contributed by atoms with Crippen LogP contribution in [0.2, 0.25) is 0 Å². The van der Waals surface area contributed by atoms with Gasteiger partial charge in [-0.1, -0.05) is 19.1 Å². The summed E-state index contributed by atoms with van der Waals surface area (Å²) in [6.45, 7) is 1.81. The molecule has 2 aliphatic carbocycles. The Morgan fingerprint density at radius 1 is 1.13 bits per heavy atom. The molecule has 0 saturated carbocycles. The predicted molar refractivity (Wildman–Crippen MR) is 69.2 cm³/mol. The Morgan fingerprint density at radius 2 is 1.65 bits per heavy atom. The molecule has 0 aromatic heterocycles. The SMILES string of the molecule is CC1CCC(OC(C(F)(F)F)C(F)(F)F)=CC12C=CC(=O)C=C2. The van der Waals surface area contributed by atoms with E-state index in [1.165, 1.54) is 30.4 Å². The Hall–Kier alpha value is -1.73. The summed E-state index contributed by atoms with van der Waals surface area (Å²) in [4.78, 5) is 11.2. The van der Waals surface area contributed by atoms with Crippen molar-refractivity contribution in [2.24, 2.45) is 11.3 Å². The van der Waals surface area contributed by atoms with Crippen molar-refractivity contribution in [3.63, 3.8) is 0 Å². The zero-order valence-electron chi connectivity index (χ0n) is 12.0. The molecule has 0 N–H and O–H groups in total. The highest BCUT2D eigenvalue weighted by atomic mass is 19.4. The van der Waals surface area contributed by atoms with Crippen molar-refractivity contribution < 1.29 is 35.9 Å². The zero-order chi connectivity index (χ0) is 17.5. The maximum atomic E-state index is 12.6. The van der Waals surface area contributed by atoms with E-state index in [9.17, 15) is 31.1 Å². The van der Waals surface area contributed by atoms with Crippen molar-refractivity contribution >= 4 is 5.78 Å². The van der Waals surface area contributed by atoms with Crippen LogP contribution < -0.4 is 0 Å². The van der Waals surface area contributed by atoms with Crippen LogP contribution in [0.3, 0.4) is 0 Å². The summed E-state index contributed by atoms with van der Waals surface area (Å²) in [5.41, 5.74) is -0.900. The van der Waals surface area contributed by atoms with Crippen LogP contribution >= 0.6 is 0 Å². The first-order valence-corrected chi connectivity index (χ1v) is 6.88. The number of alkyl halides is 6. The van der Waals surface area contributed by atoms with Gasteiger partial charge in [-0.3, -0.25) is 4.79 Å². The van der Waals surface area contributed by atoms with E-state index in [1.807, 2.05) is 6.92 Å². The predicted octanol–water partition coefficient (Wildman–Crippen LogP) is 4.49. The second kappa shape index (κ2) is 5.72. The molecule has 1 unspecified atom stereocenters. The largest absolute Gasteiger partial charge is 0.476 e. The summed E-state index contributed by atoms with van der Waals surface area (Å²) in [5, 5.41) is 0. The van der Waals surface area contributed by atoms with Gasteiger partial charge in [-0.2, -0.15) is 26.3 Å². The van der Waals surface area contributed by atoms with E-state index in [2.05, 4.69) is 4.74 Å². The maximum Gasteiger partial charge on any atom is 0.434 e. The van der Waals surface area contributed by atoms with Gasteiger partial charge in [0.15, 0.2) is 5.78 Å². The number of ether oxygens (including phenoxy) is 1. The van der Waals surface area contributed by atoms with Gasteiger partial charge in [0.1, 0.15) is 0 Å². The second-order valence-electron chi connectivity index (χ2n) is 5.70. The van der Waals surface area contributed by atoms with E-state index in [0.29, 0.717) is 6.42 Å². The smallest absolute Gasteiger partial charge is 0.434 e. The highest BCUT2D eigenvalue weighted by Crippen LogP contribution is 2.45. The lowest BCUT2D eigenvalue weighted by Gasteiger charge is -2.38. The Labute approximate surface area is 128 Å². The van der Waals surface area contributed by atoms with Gasteiger partial charge < -0.3 is 4.74 Å². The van der Waals surface area contributed by atoms with E-state index in [1.54, 1.807) is 0 Å². The quantitative estimate of drug-likeness (QED) is 0.692. The second-order valence-corrected chi connectivity index (χ2v) is 5.70. The first-order chi connectivity index (χ1) is 10.4. The number of rotatable bonds is 2. The lowest BCUT2D eigenvalue weighted by Crippen LogP contribution is -2.44.